The summed E-state index contributed by atoms with van der Waals surface area (Å²) in [4.78, 5) is 2.10. The first-order valence-electron chi connectivity index (χ1n) is 7.88. The minimum absolute atomic E-state index is 0.292. The molecule has 0 radical (unpaired) electrons. The summed E-state index contributed by atoms with van der Waals surface area (Å²) in [6.45, 7) is 1.24. The molecule has 0 fully saturated rings. The Labute approximate surface area is 138 Å². The van der Waals surface area contributed by atoms with Gasteiger partial charge in [-0.25, -0.2) is 0 Å². The highest BCUT2D eigenvalue weighted by atomic mass is 16.5. The third kappa shape index (κ3) is 4.89. The second-order valence-electron chi connectivity index (χ2n) is 5.74. The third-order valence-electron chi connectivity index (χ3n) is 3.92. The quantitative estimate of drug-likeness (QED) is 0.812. The van der Waals surface area contributed by atoms with E-state index >= 15 is 0 Å². The lowest BCUT2D eigenvalue weighted by Gasteiger charge is -2.19. The Bertz CT molecular complexity index is 614. The van der Waals surface area contributed by atoms with E-state index < -0.39 is 0 Å². The normalized spacial score (nSPS) is 11.8. The molecule has 2 aromatic rings. The van der Waals surface area contributed by atoms with Crippen molar-refractivity contribution in [3.8, 4) is 11.5 Å². The largest absolute Gasteiger partial charge is 0.497 e. The van der Waals surface area contributed by atoms with Crippen molar-refractivity contribution in [2.45, 2.75) is 12.3 Å². The van der Waals surface area contributed by atoms with Gasteiger partial charge in [-0.05, 0) is 48.7 Å². The number of hydrogen-bond acceptors (Lipinski definition) is 4. The van der Waals surface area contributed by atoms with Crippen LogP contribution in [0.2, 0.25) is 0 Å². The number of rotatable bonds is 8. The van der Waals surface area contributed by atoms with Crippen molar-refractivity contribution in [2.75, 3.05) is 39.3 Å². The summed E-state index contributed by atoms with van der Waals surface area (Å²) in [5, 5.41) is 0. The predicted octanol–water partition coefficient (Wildman–Crippen LogP) is 3.27. The number of hydrogen-bond donors (Lipinski definition) is 1. The van der Waals surface area contributed by atoms with Crippen LogP contribution in [-0.2, 0) is 0 Å². The minimum atomic E-state index is 0.292. The summed E-state index contributed by atoms with van der Waals surface area (Å²) in [6, 6.07) is 16.2. The topological polar surface area (TPSA) is 47.7 Å². The van der Waals surface area contributed by atoms with Gasteiger partial charge in [-0.15, -0.1) is 0 Å². The molecule has 1 atom stereocenters. The third-order valence-corrected chi connectivity index (χ3v) is 3.92. The van der Waals surface area contributed by atoms with E-state index in [-0.39, 0.29) is 0 Å². The van der Waals surface area contributed by atoms with E-state index in [9.17, 15) is 0 Å². The zero-order chi connectivity index (χ0) is 16.7. The maximum Gasteiger partial charge on any atom is 0.122 e. The average molecular weight is 314 g/mol. The van der Waals surface area contributed by atoms with Crippen LogP contribution in [0.3, 0.4) is 0 Å². The Hall–Kier alpha value is -2.20. The Morgan fingerprint density at radius 2 is 1.78 bits per heavy atom. The standard InChI is InChI=1S/C19H26N2O2/c1-21(2)17-7-4-6-15(12-17)16(14-20)10-11-23-19-9-5-8-18(13-19)22-3/h4-9,12-13,16H,10-11,14,20H2,1-3H3. The zero-order valence-electron chi connectivity index (χ0n) is 14.2. The molecule has 0 aliphatic carbocycles. The van der Waals surface area contributed by atoms with E-state index in [0.717, 1.165) is 17.9 Å². The second-order valence-corrected chi connectivity index (χ2v) is 5.74. The van der Waals surface area contributed by atoms with Crippen LogP contribution in [0.15, 0.2) is 48.5 Å². The van der Waals surface area contributed by atoms with Gasteiger partial charge in [0.25, 0.3) is 0 Å². The van der Waals surface area contributed by atoms with E-state index in [1.54, 1.807) is 7.11 Å². The van der Waals surface area contributed by atoms with Crippen molar-refractivity contribution in [2.24, 2.45) is 5.73 Å². The number of ether oxygens (including phenoxy) is 2. The maximum atomic E-state index is 5.97. The van der Waals surface area contributed by atoms with Crippen LogP contribution in [0, 0.1) is 0 Å². The van der Waals surface area contributed by atoms with E-state index in [4.69, 9.17) is 15.2 Å². The van der Waals surface area contributed by atoms with Gasteiger partial charge in [0.1, 0.15) is 11.5 Å². The van der Waals surface area contributed by atoms with Crippen LogP contribution in [-0.4, -0.2) is 34.4 Å². The summed E-state index contributed by atoms with van der Waals surface area (Å²) in [6.07, 6.45) is 0.880. The van der Waals surface area contributed by atoms with Crippen LogP contribution in [0.5, 0.6) is 11.5 Å². The van der Waals surface area contributed by atoms with E-state index in [1.165, 1.54) is 11.3 Å². The molecule has 0 bridgehead atoms. The minimum Gasteiger partial charge on any atom is -0.497 e. The first kappa shape index (κ1) is 17.2. The van der Waals surface area contributed by atoms with Gasteiger partial charge in [0.15, 0.2) is 0 Å². The molecule has 2 N–H and O–H groups in total. The monoisotopic (exact) mass is 314 g/mol. The van der Waals surface area contributed by atoms with Gasteiger partial charge in [-0.1, -0.05) is 18.2 Å². The molecule has 0 heterocycles. The van der Waals surface area contributed by atoms with Crippen LogP contribution >= 0.6 is 0 Å². The fourth-order valence-corrected chi connectivity index (χ4v) is 2.49. The maximum absolute atomic E-state index is 5.97. The number of methoxy groups -OCH3 is 1. The molecular weight excluding hydrogens is 288 g/mol. The number of nitrogens with two attached hydrogens (primary N) is 1. The fourth-order valence-electron chi connectivity index (χ4n) is 2.49. The molecule has 0 amide bonds. The van der Waals surface area contributed by atoms with E-state index in [0.29, 0.717) is 19.1 Å². The Morgan fingerprint density at radius 1 is 1.04 bits per heavy atom. The molecule has 2 rings (SSSR count). The Morgan fingerprint density at radius 3 is 2.48 bits per heavy atom. The second kappa shape index (κ2) is 8.44. The molecule has 2 aromatic carbocycles. The number of anilines is 1. The average Bonchev–Trinajstić information content (AvgIpc) is 2.59. The summed E-state index contributed by atoms with van der Waals surface area (Å²) >= 11 is 0. The number of nitrogens with zero attached hydrogens (tertiary/aromatic N) is 1. The van der Waals surface area contributed by atoms with Gasteiger partial charge in [0.2, 0.25) is 0 Å². The van der Waals surface area contributed by atoms with Crippen LogP contribution in [0.1, 0.15) is 17.9 Å². The van der Waals surface area contributed by atoms with Crippen LogP contribution in [0.4, 0.5) is 5.69 Å². The Kier molecular flexibility index (Phi) is 6.29. The lowest BCUT2D eigenvalue weighted by Crippen LogP contribution is -2.16. The summed E-state index contributed by atoms with van der Waals surface area (Å²) in [5.41, 5.74) is 8.41. The molecule has 4 heteroatoms. The molecular formula is C19H26N2O2. The highest BCUT2D eigenvalue weighted by Crippen LogP contribution is 2.24. The summed E-state index contributed by atoms with van der Waals surface area (Å²) < 4.78 is 11.0. The zero-order valence-corrected chi connectivity index (χ0v) is 14.2. The molecule has 0 aromatic heterocycles. The van der Waals surface area contributed by atoms with Crippen molar-refractivity contribution in [3.05, 3.63) is 54.1 Å². The molecule has 4 nitrogen and oxygen atoms in total. The van der Waals surface area contributed by atoms with Crippen LogP contribution < -0.4 is 20.1 Å². The van der Waals surface area contributed by atoms with Crippen molar-refractivity contribution in [1.29, 1.82) is 0 Å². The van der Waals surface area contributed by atoms with Gasteiger partial charge in [-0.3, -0.25) is 0 Å². The predicted molar refractivity (Wildman–Crippen MR) is 95.7 cm³/mol. The molecule has 0 aliphatic heterocycles. The van der Waals surface area contributed by atoms with E-state index in [2.05, 4.69) is 29.2 Å². The smallest absolute Gasteiger partial charge is 0.122 e. The highest BCUT2D eigenvalue weighted by Gasteiger charge is 2.11. The molecule has 0 spiro atoms. The van der Waals surface area contributed by atoms with Crippen molar-refractivity contribution in [3.63, 3.8) is 0 Å². The molecule has 0 aliphatic rings. The van der Waals surface area contributed by atoms with Gasteiger partial charge >= 0.3 is 0 Å². The van der Waals surface area contributed by atoms with Gasteiger partial charge in [0, 0.05) is 25.8 Å². The van der Waals surface area contributed by atoms with Gasteiger partial charge in [0.05, 0.1) is 13.7 Å². The fraction of sp³-hybridized carbons (Fsp3) is 0.368. The highest BCUT2D eigenvalue weighted by molar-refractivity contribution is 5.48. The van der Waals surface area contributed by atoms with Crippen LogP contribution in [0.25, 0.3) is 0 Å². The first-order valence-corrected chi connectivity index (χ1v) is 7.88. The lowest BCUT2D eigenvalue weighted by molar-refractivity contribution is 0.296. The van der Waals surface area contributed by atoms with Crippen molar-refractivity contribution >= 4 is 5.69 Å². The number of benzene rings is 2. The summed E-state index contributed by atoms with van der Waals surface area (Å²) in [5.74, 6) is 1.92. The first-order chi connectivity index (χ1) is 11.1. The van der Waals surface area contributed by atoms with Crippen molar-refractivity contribution < 1.29 is 9.47 Å². The van der Waals surface area contributed by atoms with E-state index in [1.807, 2.05) is 38.4 Å². The molecule has 0 saturated heterocycles. The Balaban J connectivity index is 1.95. The molecule has 0 saturated carbocycles. The van der Waals surface area contributed by atoms with Gasteiger partial charge < -0.3 is 20.1 Å². The summed E-state index contributed by atoms with van der Waals surface area (Å²) in [7, 11) is 5.74. The molecule has 1 unspecified atom stereocenters. The lowest BCUT2D eigenvalue weighted by atomic mass is 9.95. The molecule has 23 heavy (non-hydrogen) atoms. The SMILES string of the molecule is COc1cccc(OCCC(CN)c2cccc(N(C)C)c2)c1. The van der Waals surface area contributed by atoms with Gasteiger partial charge in [-0.2, -0.15) is 0 Å². The molecule has 124 valence electrons. The van der Waals surface area contributed by atoms with Crippen molar-refractivity contribution in [1.82, 2.24) is 0 Å².